The molecule has 0 radical (unpaired) electrons. The van der Waals surface area contributed by atoms with E-state index in [1.54, 1.807) is 6.07 Å². The summed E-state index contributed by atoms with van der Waals surface area (Å²) in [6, 6.07) is 12.0. The van der Waals surface area contributed by atoms with Crippen molar-refractivity contribution in [3.63, 3.8) is 0 Å². The van der Waals surface area contributed by atoms with Crippen LogP contribution >= 0.6 is 11.6 Å². The van der Waals surface area contributed by atoms with Gasteiger partial charge in [-0.25, -0.2) is 4.39 Å². The van der Waals surface area contributed by atoms with Crippen LogP contribution in [0.4, 0.5) is 15.8 Å². The predicted octanol–water partition coefficient (Wildman–Crippen LogP) is 4.27. The Bertz CT molecular complexity index is 584. The number of nitrogens with zero attached hydrogens (tertiary/aromatic N) is 1. The molecule has 0 fully saturated rings. The van der Waals surface area contributed by atoms with Crippen LogP contribution in [0.25, 0.3) is 0 Å². The molecule has 0 amide bonds. The van der Waals surface area contributed by atoms with E-state index >= 15 is 0 Å². The molecule has 4 heteroatoms. The summed E-state index contributed by atoms with van der Waals surface area (Å²) in [5.41, 5.74) is 8.35. The molecule has 1 atom stereocenters. The zero-order valence-electron chi connectivity index (χ0n) is 10.9. The van der Waals surface area contributed by atoms with Crippen LogP contribution in [0.3, 0.4) is 0 Å². The second kappa shape index (κ2) is 5.59. The normalized spacial score (nSPS) is 12.3. The van der Waals surface area contributed by atoms with E-state index in [2.05, 4.69) is 0 Å². The van der Waals surface area contributed by atoms with Crippen LogP contribution in [0.5, 0.6) is 0 Å². The zero-order chi connectivity index (χ0) is 14.0. The van der Waals surface area contributed by atoms with Gasteiger partial charge in [-0.1, -0.05) is 23.7 Å². The third-order valence-corrected chi connectivity index (χ3v) is 3.36. The van der Waals surface area contributed by atoms with Gasteiger partial charge in [-0.3, -0.25) is 0 Å². The Hall–Kier alpha value is -1.58. The molecular formula is C15H16ClFN2. The number of rotatable bonds is 3. The molecule has 0 spiro atoms. The molecule has 0 aliphatic carbocycles. The molecule has 0 saturated carbocycles. The quantitative estimate of drug-likeness (QED) is 0.909. The topological polar surface area (TPSA) is 29.3 Å². The third kappa shape index (κ3) is 3.06. The van der Waals surface area contributed by atoms with E-state index in [0.29, 0.717) is 5.02 Å². The molecule has 100 valence electrons. The number of hydrogen-bond acceptors (Lipinski definition) is 2. The number of hydrogen-bond donors (Lipinski definition) is 1. The van der Waals surface area contributed by atoms with Crippen molar-refractivity contribution in [2.75, 3.05) is 11.9 Å². The molecule has 2 aromatic carbocycles. The number of benzene rings is 2. The molecule has 0 bridgehead atoms. The highest BCUT2D eigenvalue weighted by Crippen LogP contribution is 2.32. The highest BCUT2D eigenvalue weighted by molar-refractivity contribution is 6.33. The number of anilines is 2. The van der Waals surface area contributed by atoms with Gasteiger partial charge < -0.3 is 10.6 Å². The third-order valence-electron chi connectivity index (χ3n) is 3.05. The maximum absolute atomic E-state index is 13.2. The monoisotopic (exact) mass is 278 g/mol. The van der Waals surface area contributed by atoms with Crippen molar-refractivity contribution < 1.29 is 4.39 Å². The highest BCUT2D eigenvalue weighted by atomic mass is 35.5. The van der Waals surface area contributed by atoms with Gasteiger partial charge in [0.15, 0.2) is 0 Å². The van der Waals surface area contributed by atoms with Gasteiger partial charge in [0, 0.05) is 18.8 Å². The fourth-order valence-electron chi connectivity index (χ4n) is 1.90. The minimum Gasteiger partial charge on any atom is -0.343 e. The van der Waals surface area contributed by atoms with E-state index in [1.807, 2.05) is 43.1 Å². The summed E-state index contributed by atoms with van der Waals surface area (Å²) in [6.45, 7) is 1.90. The maximum Gasteiger partial charge on any atom is 0.125 e. The van der Waals surface area contributed by atoms with Gasteiger partial charge in [-0.2, -0.15) is 0 Å². The number of halogens is 2. The van der Waals surface area contributed by atoms with Crippen LogP contribution in [-0.4, -0.2) is 7.05 Å². The van der Waals surface area contributed by atoms with Crippen molar-refractivity contribution in [2.45, 2.75) is 13.0 Å². The summed E-state index contributed by atoms with van der Waals surface area (Å²) < 4.78 is 13.2. The summed E-state index contributed by atoms with van der Waals surface area (Å²) in [5.74, 6) is -0.271. The Balaban J connectivity index is 2.36. The van der Waals surface area contributed by atoms with Gasteiger partial charge in [0.2, 0.25) is 0 Å². The fraction of sp³-hybridized carbons (Fsp3) is 0.200. The van der Waals surface area contributed by atoms with Gasteiger partial charge in [-0.05, 0) is 42.8 Å². The first kappa shape index (κ1) is 13.8. The molecule has 2 N–H and O–H groups in total. The summed E-state index contributed by atoms with van der Waals surface area (Å²) in [5, 5.41) is 0.599. The minimum atomic E-state index is -0.271. The van der Waals surface area contributed by atoms with Crippen molar-refractivity contribution in [1.29, 1.82) is 0 Å². The van der Waals surface area contributed by atoms with Gasteiger partial charge in [-0.15, -0.1) is 0 Å². The summed E-state index contributed by atoms with van der Waals surface area (Å²) >= 11 is 6.27. The first-order valence-corrected chi connectivity index (χ1v) is 6.41. The van der Waals surface area contributed by atoms with Crippen molar-refractivity contribution in [3.8, 4) is 0 Å². The highest BCUT2D eigenvalue weighted by Gasteiger charge is 2.10. The zero-order valence-corrected chi connectivity index (χ0v) is 11.7. The van der Waals surface area contributed by atoms with Crippen LogP contribution < -0.4 is 10.6 Å². The SMILES string of the molecule is C[C@@H](N)c1ccc(N(C)c2cccc(F)c2)c(Cl)c1. The molecule has 0 unspecified atom stereocenters. The largest absolute Gasteiger partial charge is 0.343 e. The molecule has 0 aliphatic heterocycles. The van der Waals surface area contributed by atoms with Gasteiger partial charge in [0.1, 0.15) is 5.82 Å². The van der Waals surface area contributed by atoms with Crippen LogP contribution in [-0.2, 0) is 0 Å². The summed E-state index contributed by atoms with van der Waals surface area (Å²) in [4.78, 5) is 1.84. The van der Waals surface area contributed by atoms with E-state index in [-0.39, 0.29) is 11.9 Å². The van der Waals surface area contributed by atoms with Crippen LogP contribution in [0.15, 0.2) is 42.5 Å². The van der Waals surface area contributed by atoms with Gasteiger partial charge in [0.25, 0.3) is 0 Å². The molecule has 2 nitrogen and oxygen atoms in total. The lowest BCUT2D eigenvalue weighted by Crippen LogP contribution is -2.11. The molecule has 0 aliphatic rings. The molecule has 0 heterocycles. The Morgan fingerprint density at radius 3 is 2.53 bits per heavy atom. The Kier molecular flexibility index (Phi) is 4.08. The van der Waals surface area contributed by atoms with Crippen molar-refractivity contribution in [3.05, 3.63) is 58.9 Å². The summed E-state index contributed by atoms with van der Waals surface area (Å²) in [7, 11) is 1.85. The lowest BCUT2D eigenvalue weighted by atomic mass is 10.1. The van der Waals surface area contributed by atoms with Crippen molar-refractivity contribution in [2.24, 2.45) is 5.73 Å². The Morgan fingerprint density at radius 2 is 1.95 bits per heavy atom. The standard InChI is InChI=1S/C15H16ClFN2/c1-10(18)11-6-7-15(14(16)8-11)19(2)13-5-3-4-12(17)9-13/h3-10H,18H2,1-2H3/t10-/m1/s1. The predicted molar refractivity (Wildman–Crippen MR) is 78.5 cm³/mol. The van der Waals surface area contributed by atoms with Crippen molar-refractivity contribution >= 4 is 23.0 Å². The van der Waals surface area contributed by atoms with Gasteiger partial charge in [0.05, 0.1) is 10.7 Å². The molecule has 2 rings (SSSR count). The Morgan fingerprint density at radius 1 is 1.21 bits per heavy atom. The second-order valence-electron chi connectivity index (χ2n) is 4.54. The van der Waals surface area contributed by atoms with Gasteiger partial charge >= 0.3 is 0 Å². The van der Waals surface area contributed by atoms with E-state index in [4.69, 9.17) is 17.3 Å². The van der Waals surface area contributed by atoms with E-state index in [0.717, 1.165) is 16.9 Å². The van der Waals surface area contributed by atoms with Crippen LogP contribution in [0.1, 0.15) is 18.5 Å². The average Bonchev–Trinajstić information content (AvgIpc) is 2.37. The smallest absolute Gasteiger partial charge is 0.125 e. The fourth-order valence-corrected chi connectivity index (χ4v) is 2.22. The lowest BCUT2D eigenvalue weighted by Gasteiger charge is -2.21. The minimum absolute atomic E-state index is 0.0639. The van der Waals surface area contributed by atoms with Crippen LogP contribution in [0.2, 0.25) is 5.02 Å². The maximum atomic E-state index is 13.2. The second-order valence-corrected chi connectivity index (χ2v) is 4.95. The molecule has 19 heavy (non-hydrogen) atoms. The number of nitrogens with two attached hydrogens (primary N) is 1. The lowest BCUT2D eigenvalue weighted by molar-refractivity contribution is 0.628. The molecule has 2 aromatic rings. The van der Waals surface area contributed by atoms with Crippen LogP contribution in [0, 0.1) is 5.82 Å². The van der Waals surface area contributed by atoms with E-state index < -0.39 is 0 Å². The van der Waals surface area contributed by atoms with E-state index in [1.165, 1.54) is 12.1 Å². The van der Waals surface area contributed by atoms with E-state index in [9.17, 15) is 4.39 Å². The average molecular weight is 279 g/mol. The first-order chi connectivity index (χ1) is 8.99. The van der Waals surface area contributed by atoms with Crippen molar-refractivity contribution in [1.82, 2.24) is 0 Å². The molecule has 0 aromatic heterocycles. The summed E-state index contributed by atoms with van der Waals surface area (Å²) in [6.07, 6.45) is 0. The molecule has 0 saturated heterocycles. The Labute approximate surface area is 117 Å². The molecular weight excluding hydrogens is 263 g/mol. The first-order valence-electron chi connectivity index (χ1n) is 6.03.